The first-order chi connectivity index (χ1) is 18.5. The average molecular weight is 536 g/mol. The van der Waals surface area contributed by atoms with E-state index in [1.807, 2.05) is 19.1 Å². The molecule has 5 heterocycles. The molecule has 2 aromatic heterocycles. The summed E-state index contributed by atoms with van der Waals surface area (Å²) in [6, 6.07) is 13.7. The lowest BCUT2D eigenvalue weighted by molar-refractivity contribution is 0.140. The molecule has 2 saturated heterocycles. The van der Waals surface area contributed by atoms with Crippen LogP contribution in [-0.4, -0.2) is 60.2 Å². The normalized spacial score (nSPS) is 21.0. The Balaban J connectivity index is 1.32. The summed E-state index contributed by atoms with van der Waals surface area (Å²) >= 11 is 6.43. The Kier molecular flexibility index (Phi) is 7.25. The molecule has 3 aromatic rings. The van der Waals surface area contributed by atoms with Crippen molar-refractivity contribution in [2.24, 2.45) is 0 Å². The lowest BCUT2D eigenvalue weighted by Gasteiger charge is -2.49. The molecule has 6 rings (SSSR count). The molecule has 6 nitrogen and oxygen atoms in total. The third-order valence-electron chi connectivity index (χ3n) is 8.39. The zero-order valence-electron chi connectivity index (χ0n) is 21.9. The van der Waals surface area contributed by atoms with E-state index in [1.165, 1.54) is 30.5 Å². The molecule has 3 aliphatic heterocycles. The number of pyridine rings is 2. The van der Waals surface area contributed by atoms with Gasteiger partial charge in [-0.2, -0.15) is 0 Å². The summed E-state index contributed by atoms with van der Waals surface area (Å²) in [5.74, 6) is 0.331. The van der Waals surface area contributed by atoms with E-state index in [2.05, 4.69) is 32.2 Å². The van der Waals surface area contributed by atoms with Crippen molar-refractivity contribution in [3.63, 3.8) is 0 Å². The first-order valence-electron chi connectivity index (χ1n) is 13.8. The van der Waals surface area contributed by atoms with Crippen LogP contribution >= 0.6 is 11.6 Å². The van der Waals surface area contributed by atoms with Gasteiger partial charge in [0.05, 0.1) is 34.3 Å². The number of anilines is 1. The largest absolute Gasteiger partial charge is 0.477 e. The van der Waals surface area contributed by atoms with Gasteiger partial charge in [-0.3, -0.25) is 9.88 Å². The minimum Gasteiger partial charge on any atom is -0.477 e. The summed E-state index contributed by atoms with van der Waals surface area (Å²) < 4.78 is 19.5. The molecule has 0 saturated carbocycles. The van der Waals surface area contributed by atoms with Gasteiger partial charge in [0.25, 0.3) is 0 Å². The number of rotatable bonds is 6. The maximum absolute atomic E-state index is 13.7. The van der Waals surface area contributed by atoms with Crippen LogP contribution < -0.4 is 15.0 Å². The minimum absolute atomic E-state index is 0.0262. The molecule has 0 aliphatic carbocycles. The second-order valence-corrected chi connectivity index (χ2v) is 11.2. The Morgan fingerprint density at radius 1 is 1.18 bits per heavy atom. The molecule has 8 heteroatoms. The number of hydrogen-bond donors (Lipinski definition) is 1. The molecule has 2 fully saturated rings. The minimum atomic E-state index is -0.299. The zero-order valence-corrected chi connectivity index (χ0v) is 22.7. The highest BCUT2D eigenvalue weighted by Gasteiger charge is 2.43. The van der Waals surface area contributed by atoms with Crippen LogP contribution in [0.1, 0.15) is 43.9 Å². The Labute approximate surface area is 229 Å². The van der Waals surface area contributed by atoms with Crippen LogP contribution in [-0.2, 0) is 12.0 Å². The molecule has 1 N–H and O–H groups in total. The highest BCUT2D eigenvalue weighted by Crippen LogP contribution is 2.44. The van der Waals surface area contributed by atoms with Crippen LogP contribution in [0.4, 0.5) is 10.1 Å². The molecule has 0 bridgehead atoms. The Bertz CT molecular complexity index is 1290. The SMILES string of the molecule is CCOc1ncccc1-c1ccc2c(n1)CN(C[C@H]1CCCN1)CC21CCN(c2ccc(F)cc2Cl)CC1. The number of ether oxygens (including phenoxy) is 1. The van der Waals surface area contributed by atoms with Gasteiger partial charge in [-0.1, -0.05) is 17.7 Å². The summed E-state index contributed by atoms with van der Waals surface area (Å²) in [6.45, 7) is 8.31. The zero-order chi connectivity index (χ0) is 26.1. The Hall–Kier alpha value is -2.74. The topological polar surface area (TPSA) is 53.5 Å². The fraction of sp³-hybridized carbons (Fsp3) is 0.467. The maximum atomic E-state index is 13.7. The molecule has 0 unspecified atom stereocenters. The lowest BCUT2D eigenvalue weighted by Crippen LogP contribution is -2.54. The standard InChI is InChI=1S/C30H35ClFN5O/c1-2-38-29-23(6-4-14-34-29)26-9-8-24-27(35-26)19-36(18-22-5-3-13-33-22)20-30(24)11-15-37(16-12-30)28-10-7-21(32)17-25(28)31/h4,6-10,14,17,22,33H,2-3,5,11-13,15-16,18-20H2,1H3/t22-/m1/s1. The number of aromatic nitrogens is 2. The van der Waals surface area contributed by atoms with E-state index in [1.54, 1.807) is 12.3 Å². The Morgan fingerprint density at radius 3 is 2.82 bits per heavy atom. The second-order valence-electron chi connectivity index (χ2n) is 10.8. The van der Waals surface area contributed by atoms with Gasteiger partial charge in [0, 0.05) is 50.4 Å². The van der Waals surface area contributed by atoms with E-state index < -0.39 is 0 Å². The van der Waals surface area contributed by atoms with Gasteiger partial charge < -0.3 is 15.0 Å². The average Bonchev–Trinajstić information content (AvgIpc) is 3.43. The van der Waals surface area contributed by atoms with Gasteiger partial charge >= 0.3 is 0 Å². The van der Waals surface area contributed by atoms with Gasteiger partial charge in [0.2, 0.25) is 5.88 Å². The molecule has 3 aliphatic rings. The predicted octanol–water partition coefficient (Wildman–Crippen LogP) is 5.44. The van der Waals surface area contributed by atoms with Crippen LogP contribution in [0.3, 0.4) is 0 Å². The van der Waals surface area contributed by atoms with Gasteiger partial charge in [0.1, 0.15) is 5.82 Å². The van der Waals surface area contributed by atoms with Crippen LogP contribution in [0.15, 0.2) is 48.7 Å². The summed E-state index contributed by atoms with van der Waals surface area (Å²) in [7, 11) is 0. The number of benzene rings is 1. The monoisotopic (exact) mass is 535 g/mol. The third kappa shape index (κ3) is 4.99. The highest BCUT2D eigenvalue weighted by atomic mass is 35.5. The summed E-state index contributed by atoms with van der Waals surface area (Å²) in [6.07, 6.45) is 6.24. The van der Waals surface area contributed by atoms with Crippen LogP contribution in [0.5, 0.6) is 5.88 Å². The molecular formula is C30H35ClFN5O. The second kappa shape index (κ2) is 10.8. The highest BCUT2D eigenvalue weighted by molar-refractivity contribution is 6.33. The van der Waals surface area contributed by atoms with E-state index in [9.17, 15) is 4.39 Å². The molecular weight excluding hydrogens is 501 g/mol. The van der Waals surface area contributed by atoms with Crippen molar-refractivity contribution in [1.82, 2.24) is 20.2 Å². The van der Waals surface area contributed by atoms with Gasteiger partial charge in [-0.15, -0.1) is 0 Å². The fourth-order valence-corrected chi connectivity index (χ4v) is 6.85. The number of nitrogens with one attached hydrogen (secondary N) is 1. The first-order valence-corrected chi connectivity index (χ1v) is 14.2. The number of piperidine rings is 1. The molecule has 1 spiro atoms. The number of nitrogens with zero attached hydrogens (tertiary/aromatic N) is 4. The third-order valence-corrected chi connectivity index (χ3v) is 8.69. The van der Waals surface area contributed by atoms with Gasteiger partial charge in [0.15, 0.2) is 0 Å². The molecule has 1 aromatic carbocycles. The smallest absolute Gasteiger partial charge is 0.222 e. The van der Waals surface area contributed by atoms with E-state index in [4.69, 9.17) is 21.3 Å². The van der Waals surface area contributed by atoms with Crippen LogP contribution in [0, 0.1) is 5.82 Å². The van der Waals surface area contributed by atoms with Crippen molar-refractivity contribution < 1.29 is 9.13 Å². The van der Waals surface area contributed by atoms with Crippen LogP contribution in [0.2, 0.25) is 5.02 Å². The quantitative estimate of drug-likeness (QED) is 0.453. The molecule has 1 atom stereocenters. The van der Waals surface area contributed by atoms with E-state index >= 15 is 0 Å². The fourth-order valence-electron chi connectivity index (χ4n) is 6.57. The molecule has 0 radical (unpaired) electrons. The van der Waals surface area contributed by atoms with Crippen molar-refractivity contribution in [1.29, 1.82) is 0 Å². The van der Waals surface area contributed by atoms with Crippen molar-refractivity contribution in [2.75, 3.05) is 44.2 Å². The predicted molar refractivity (Wildman–Crippen MR) is 149 cm³/mol. The van der Waals surface area contributed by atoms with E-state index in [0.717, 1.165) is 74.7 Å². The van der Waals surface area contributed by atoms with Crippen molar-refractivity contribution in [2.45, 2.75) is 50.6 Å². The van der Waals surface area contributed by atoms with Crippen molar-refractivity contribution in [3.8, 4) is 17.1 Å². The first kappa shape index (κ1) is 25.5. The summed E-state index contributed by atoms with van der Waals surface area (Å²) in [5, 5.41) is 4.16. The number of halogens is 2. The van der Waals surface area contributed by atoms with E-state index in [0.29, 0.717) is 23.6 Å². The van der Waals surface area contributed by atoms with Crippen LogP contribution in [0.25, 0.3) is 11.3 Å². The lowest BCUT2D eigenvalue weighted by atomic mass is 9.69. The number of hydrogen-bond acceptors (Lipinski definition) is 6. The van der Waals surface area contributed by atoms with Crippen molar-refractivity contribution in [3.05, 3.63) is 70.8 Å². The van der Waals surface area contributed by atoms with Crippen molar-refractivity contribution >= 4 is 17.3 Å². The molecule has 200 valence electrons. The number of fused-ring (bicyclic) bond motifs is 2. The van der Waals surface area contributed by atoms with Gasteiger partial charge in [-0.25, -0.2) is 9.37 Å². The maximum Gasteiger partial charge on any atom is 0.222 e. The Morgan fingerprint density at radius 2 is 2.05 bits per heavy atom. The van der Waals surface area contributed by atoms with E-state index in [-0.39, 0.29) is 11.2 Å². The molecule has 38 heavy (non-hydrogen) atoms. The summed E-state index contributed by atoms with van der Waals surface area (Å²) in [5.41, 5.74) is 5.31. The van der Waals surface area contributed by atoms with Gasteiger partial charge in [-0.05, 0) is 81.1 Å². The molecule has 0 amide bonds. The summed E-state index contributed by atoms with van der Waals surface area (Å²) in [4.78, 5) is 14.6.